The summed E-state index contributed by atoms with van der Waals surface area (Å²) in [4.78, 5) is 15.1. The SMILES string of the molecule is C/C(C(=N)COC(C)C)=C(/N)c1cc(C(=O)N2CC(c3ccc(C#N)cc3)C2)c(C)cc1C. The maximum atomic E-state index is 13.3. The molecule has 1 amide bonds. The second-order valence-corrected chi connectivity index (χ2v) is 9.00. The molecular weight excluding hydrogens is 412 g/mol. The van der Waals surface area contributed by atoms with Crippen LogP contribution in [-0.2, 0) is 4.74 Å². The third kappa shape index (κ3) is 5.32. The van der Waals surface area contributed by atoms with Gasteiger partial charge in [0.2, 0.25) is 0 Å². The molecule has 2 aromatic carbocycles. The van der Waals surface area contributed by atoms with E-state index in [1.54, 1.807) is 0 Å². The van der Waals surface area contributed by atoms with Crippen molar-refractivity contribution in [2.75, 3.05) is 19.7 Å². The number of nitrogens with zero attached hydrogens (tertiary/aromatic N) is 2. The molecule has 3 N–H and O–H groups in total. The van der Waals surface area contributed by atoms with Crippen LogP contribution in [0.15, 0.2) is 42.0 Å². The van der Waals surface area contributed by atoms with E-state index in [0.717, 1.165) is 22.3 Å². The Hall–Kier alpha value is -3.43. The standard InChI is InChI=1S/C27H32N4O2/c1-16(2)33-15-25(29)19(5)26(30)23-11-24(18(4)10-17(23)3)27(32)31-13-22(14-31)21-8-6-20(12-28)7-9-21/h6-11,16,22,29H,13-15,30H2,1-5H3/b26-19-,29-25?. The number of nitrogens with one attached hydrogen (secondary N) is 1. The van der Waals surface area contributed by atoms with Gasteiger partial charge in [-0.25, -0.2) is 0 Å². The van der Waals surface area contributed by atoms with Crippen LogP contribution in [0.3, 0.4) is 0 Å². The molecule has 1 saturated heterocycles. The Morgan fingerprint density at radius 3 is 2.36 bits per heavy atom. The highest BCUT2D eigenvalue weighted by Crippen LogP contribution is 2.30. The van der Waals surface area contributed by atoms with Gasteiger partial charge < -0.3 is 20.8 Å². The molecule has 0 atom stereocenters. The van der Waals surface area contributed by atoms with Crippen molar-refractivity contribution in [1.29, 1.82) is 10.7 Å². The Bertz CT molecular complexity index is 1130. The van der Waals surface area contributed by atoms with E-state index in [2.05, 4.69) is 6.07 Å². The molecule has 1 fully saturated rings. The molecule has 1 heterocycles. The Labute approximate surface area is 196 Å². The number of amides is 1. The van der Waals surface area contributed by atoms with E-state index in [1.165, 1.54) is 0 Å². The fourth-order valence-electron chi connectivity index (χ4n) is 3.95. The fraction of sp³-hybridized carbons (Fsp3) is 0.370. The molecule has 33 heavy (non-hydrogen) atoms. The van der Waals surface area contributed by atoms with Crippen molar-refractivity contribution >= 4 is 17.3 Å². The summed E-state index contributed by atoms with van der Waals surface area (Å²) in [7, 11) is 0. The van der Waals surface area contributed by atoms with Crippen LogP contribution in [0, 0.1) is 30.6 Å². The normalized spacial score (nSPS) is 14.5. The van der Waals surface area contributed by atoms with Crippen LogP contribution in [0.4, 0.5) is 0 Å². The number of carbonyl (C=O) groups is 1. The lowest BCUT2D eigenvalue weighted by molar-refractivity contribution is 0.0601. The van der Waals surface area contributed by atoms with Gasteiger partial charge in [0.1, 0.15) is 0 Å². The van der Waals surface area contributed by atoms with E-state index in [-0.39, 0.29) is 24.5 Å². The van der Waals surface area contributed by atoms with Gasteiger partial charge in [0, 0.05) is 35.8 Å². The van der Waals surface area contributed by atoms with Crippen molar-refractivity contribution in [3.63, 3.8) is 0 Å². The summed E-state index contributed by atoms with van der Waals surface area (Å²) in [6, 6.07) is 13.5. The minimum atomic E-state index is -0.0117. The van der Waals surface area contributed by atoms with Crippen molar-refractivity contribution < 1.29 is 9.53 Å². The molecule has 6 heteroatoms. The lowest BCUT2D eigenvalue weighted by atomic mass is 9.89. The average molecular weight is 445 g/mol. The molecule has 0 aliphatic carbocycles. The van der Waals surface area contributed by atoms with E-state index in [4.69, 9.17) is 21.1 Å². The Kier molecular flexibility index (Phi) is 7.35. The predicted molar refractivity (Wildman–Crippen MR) is 131 cm³/mol. The van der Waals surface area contributed by atoms with Crippen LogP contribution < -0.4 is 5.73 Å². The zero-order valence-electron chi connectivity index (χ0n) is 20.0. The number of likely N-dealkylation sites (tertiary alicyclic amines) is 1. The van der Waals surface area contributed by atoms with Crippen molar-refractivity contribution in [1.82, 2.24) is 4.90 Å². The van der Waals surface area contributed by atoms with E-state index in [9.17, 15) is 4.79 Å². The number of nitrogens with two attached hydrogens (primary N) is 1. The molecule has 0 saturated carbocycles. The Morgan fingerprint density at radius 2 is 1.79 bits per heavy atom. The summed E-state index contributed by atoms with van der Waals surface area (Å²) in [5.41, 5.74) is 13.0. The molecule has 172 valence electrons. The van der Waals surface area contributed by atoms with Gasteiger partial charge in [-0.05, 0) is 75.1 Å². The number of carbonyl (C=O) groups excluding carboxylic acids is 1. The van der Waals surface area contributed by atoms with Crippen LogP contribution in [0.2, 0.25) is 0 Å². The topological polar surface area (TPSA) is 103 Å². The van der Waals surface area contributed by atoms with Crippen molar-refractivity contribution in [2.24, 2.45) is 5.73 Å². The van der Waals surface area contributed by atoms with Gasteiger partial charge in [0.25, 0.3) is 5.91 Å². The van der Waals surface area contributed by atoms with Gasteiger partial charge >= 0.3 is 0 Å². The summed E-state index contributed by atoms with van der Waals surface area (Å²) >= 11 is 0. The van der Waals surface area contributed by atoms with Gasteiger partial charge in [-0.1, -0.05) is 18.2 Å². The number of hydrogen-bond donors (Lipinski definition) is 2. The summed E-state index contributed by atoms with van der Waals surface area (Å²) < 4.78 is 5.54. The smallest absolute Gasteiger partial charge is 0.254 e. The van der Waals surface area contributed by atoms with Crippen molar-refractivity contribution in [2.45, 2.75) is 46.6 Å². The highest BCUT2D eigenvalue weighted by atomic mass is 16.5. The number of rotatable bonds is 7. The van der Waals surface area contributed by atoms with Gasteiger partial charge in [-0.2, -0.15) is 5.26 Å². The first-order valence-corrected chi connectivity index (χ1v) is 11.2. The van der Waals surface area contributed by atoms with Gasteiger partial charge in [-0.3, -0.25) is 4.79 Å². The molecular formula is C27H32N4O2. The number of benzene rings is 2. The van der Waals surface area contributed by atoms with Crippen LogP contribution in [0.1, 0.15) is 64.9 Å². The number of hydrogen-bond acceptors (Lipinski definition) is 5. The molecule has 2 aromatic rings. The van der Waals surface area contributed by atoms with Gasteiger partial charge in [-0.15, -0.1) is 0 Å². The molecule has 0 aromatic heterocycles. The molecule has 0 radical (unpaired) electrons. The largest absolute Gasteiger partial charge is 0.398 e. The molecule has 3 rings (SSSR count). The summed E-state index contributed by atoms with van der Waals surface area (Å²) in [5, 5.41) is 17.3. The van der Waals surface area contributed by atoms with Crippen LogP contribution in [-0.4, -0.2) is 42.3 Å². The average Bonchev–Trinajstić information content (AvgIpc) is 2.75. The van der Waals surface area contributed by atoms with E-state index in [0.29, 0.717) is 41.2 Å². The van der Waals surface area contributed by atoms with Crippen molar-refractivity contribution in [3.8, 4) is 6.07 Å². The molecule has 1 aliphatic rings. The highest BCUT2D eigenvalue weighted by molar-refractivity contribution is 6.05. The fourth-order valence-corrected chi connectivity index (χ4v) is 3.95. The zero-order chi connectivity index (χ0) is 24.3. The van der Waals surface area contributed by atoms with Crippen LogP contribution in [0.25, 0.3) is 5.70 Å². The van der Waals surface area contributed by atoms with Crippen LogP contribution in [0.5, 0.6) is 0 Å². The maximum Gasteiger partial charge on any atom is 0.254 e. The minimum Gasteiger partial charge on any atom is -0.398 e. The summed E-state index contributed by atoms with van der Waals surface area (Å²) in [5.74, 6) is 0.267. The molecule has 0 bridgehead atoms. The second kappa shape index (κ2) is 10.0. The number of nitriles is 1. The number of ether oxygens (including phenoxy) is 1. The first-order valence-electron chi connectivity index (χ1n) is 11.2. The monoisotopic (exact) mass is 444 g/mol. The molecule has 1 aliphatic heterocycles. The first kappa shape index (κ1) is 24.2. The molecule has 0 unspecified atom stereocenters. The number of aryl methyl sites for hydroxylation is 2. The molecule has 0 spiro atoms. The van der Waals surface area contributed by atoms with Crippen LogP contribution >= 0.6 is 0 Å². The highest BCUT2D eigenvalue weighted by Gasteiger charge is 2.33. The van der Waals surface area contributed by atoms with E-state index in [1.807, 2.05) is 75.9 Å². The minimum absolute atomic E-state index is 0.0117. The Morgan fingerprint density at radius 1 is 1.18 bits per heavy atom. The zero-order valence-corrected chi connectivity index (χ0v) is 20.0. The summed E-state index contributed by atoms with van der Waals surface area (Å²) in [6.45, 7) is 11.1. The third-order valence-electron chi connectivity index (χ3n) is 6.19. The second-order valence-electron chi connectivity index (χ2n) is 9.00. The van der Waals surface area contributed by atoms with Gasteiger partial charge in [0.15, 0.2) is 0 Å². The van der Waals surface area contributed by atoms with Gasteiger partial charge in [0.05, 0.1) is 30.1 Å². The first-order chi connectivity index (χ1) is 15.6. The molecule has 6 nitrogen and oxygen atoms in total. The Balaban J connectivity index is 1.78. The third-order valence-corrected chi connectivity index (χ3v) is 6.19. The van der Waals surface area contributed by atoms with E-state index >= 15 is 0 Å². The quantitative estimate of drug-likeness (QED) is 0.612. The summed E-state index contributed by atoms with van der Waals surface area (Å²) in [6.07, 6.45) is 0.0364. The predicted octanol–water partition coefficient (Wildman–Crippen LogP) is 4.55. The van der Waals surface area contributed by atoms with E-state index < -0.39 is 0 Å². The maximum absolute atomic E-state index is 13.3. The lowest BCUT2D eigenvalue weighted by Crippen LogP contribution is -2.48. The lowest BCUT2D eigenvalue weighted by Gasteiger charge is -2.40. The van der Waals surface area contributed by atoms with Crippen molar-refractivity contribution in [3.05, 3.63) is 75.4 Å².